The van der Waals surface area contributed by atoms with Gasteiger partial charge in [0.05, 0.1) is 7.11 Å². The van der Waals surface area contributed by atoms with Gasteiger partial charge in [0.2, 0.25) is 0 Å². The predicted molar refractivity (Wildman–Crippen MR) is 105 cm³/mol. The highest BCUT2D eigenvalue weighted by atomic mass is 16.5. The lowest BCUT2D eigenvalue weighted by molar-refractivity contribution is -0.143. The van der Waals surface area contributed by atoms with E-state index < -0.39 is 17.9 Å². The Morgan fingerprint density at radius 3 is 2.59 bits per heavy atom. The van der Waals surface area contributed by atoms with E-state index in [1.807, 2.05) is 13.8 Å². The van der Waals surface area contributed by atoms with Crippen LogP contribution in [0, 0.1) is 5.92 Å². The van der Waals surface area contributed by atoms with Crippen molar-refractivity contribution in [3.63, 3.8) is 0 Å². The van der Waals surface area contributed by atoms with Gasteiger partial charge in [-0.2, -0.15) is 0 Å². The summed E-state index contributed by atoms with van der Waals surface area (Å²) in [6.07, 6.45) is 6.25. The van der Waals surface area contributed by atoms with E-state index >= 15 is 0 Å². The minimum absolute atomic E-state index is 0.129. The maximum absolute atomic E-state index is 13.0. The van der Waals surface area contributed by atoms with Crippen molar-refractivity contribution in [2.75, 3.05) is 7.11 Å². The number of amides is 1. The molecule has 0 spiro atoms. The number of aryl methyl sites for hydroxylation is 1. The van der Waals surface area contributed by atoms with Crippen LogP contribution in [0.25, 0.3) is 0 Å². The molecule has 0 fully saturated rings. The first-order valence-corrected chi connectivity index (χ1v) is 10.0. The zero-order valence-electron chi connectivity index (χ0n) is 17.0. The number of hydrogen-bond acceptors (Lipinski definition) is 4. The number of rotatable bonds is 8. The molecule has 1 N–H and O–H groups in total. The van der Waals surface area contributed by atoms with Gasteiger partial charge in [-0.15, -0.1) is 0 Å². The molecule has 0 bridgehead atoms. The third kappa shape index (κ3) is 5.21. The Bertz CT molecular complexity index is 736. The molecule has 1 unspecified atom stereocenters. The second-order valence-electron chi connectivity index (χ2n) is 7.73. The number of nitrogens with one attached hydrogen (secondary N) is 1. The molecule has 150 valence electrons. The first kappa shape index (κ1) is 21.2. The van der Waals surface area contributed by atoms with Crippen LogP contribution in [-0.4, -0.2) is 29.6 Å². The SMILES string of the molecule is CCCCn1c2c(cc(C(=O)NC(CC(C)C)C(=O)OC)c1=O)CCCC2. The normalized spacial score (nSPS) is 14.6. The van der Waals surface area contributed by atoms with Gasteiger partial charge in [-0.05, 0) is 56.1 Å². The van der Waals surface area contributed by atoms with Crippen LogP contribution in [0.5, 0.6) is 0 Å². The van der Waals surface area contributed by atoms with Crippen LogP contribution in [-0.2, 0) is 28.9 Å². The number of carbonyl (C=O) groups excluding carboxylic acids is 2. The average Bonchev–Trinajstić information content (AvgIpc) is 2.65. The lowest BCUT2D eigenvalue weighted by atomic mass is 9.94. The molecule has 0 saturated carbocycles. The summed E-state index contributed by atoms with van der Waals surface area (Å²) in [5.41, 5.74) is 2.03. The minimum atomic E-state index is -0.748. The van der Waals surface area contributed by atoms with E-state index in [4.69, 9.17) is 4.74 Å². The first-order chi connectivity index (χ1) is 12.9. The van der Waals surface area contributed by atoms with Gasteiger partial charge in [-0.25, -0.2) is 4.79 Å². The van der Waals surface area contributed by atoms with E-state index in [1.165, 1.54) is 7.11 Å². The largest absolute Gasteiger partial charge is 0.467 e. The Kier molecular flexibility index (Phi) is 7.63. The summed E-state index contributed by atoms with van der Waals surface area (Å²) in [5.74, 6) is -0.768. The molecule has 1 amide bonds. The number of unbranched alkanes of at least 4 members (excludes halogenated alkanes) is 1. The number of methoxy groups -OCH3 is 1. The van der Waals surface area contributed by atoms with E-state index in [1.54, 1.807) is 10.6 Å². The lowest BCUT2D eigenvalue weighted by Crippen LogP contribution is -2.45. The smallest absolute Gasteiger partial charge is 0.328 e. The van der Waals surface area contributed by atoms with Crippen LogP contribution in [0.1, 0.15) is 74.5 Å². The number of esters is 1. The second-order valence-corrected chi connectivity index (χ2v) is 7.73. The Morgan fingerprint density at radius 2 is 1.96 bits per heavy atom. The predicted octanol–water partition coefficient (Wildman–Crippen LogP) is 2.84. The molecule has 1 aromatic heterocycles. The van der Waals surface area contributed by atoms with E-state index in [2.05, 4.69) is 12.2 Å². The maximum Gasteiger partial charge on any atom is 0.328 e. The molecule has 1 aliphatic rings. The molecular formula is C21H32N2O4. The van der Waals surface area contributed by atoms with Crippen molar-refractivity contribution in [2.45, 2.75) is 78.3 Å². The molecule has 6 heteroatoms. The Hall–Kier alpha value is -2.11. The Labute approximate surface area is 161 Å². The standard InChI is InChI=1S/C21H32N2O4/c1-5-6-11-23-18-10-8-7-9-15(18)13-16(20(23)25)19(24)22-17(12-14(2)3)21(26)27-4/h13-14,17H,5-12H2,1-4H3,(H,22,24). The Balaban J connectivity index is 2.37. The summed E-state index contributed by atoms with van der Waals surface area (Å²) < 4.78 is 6.59. The maximum atomic E-state index is 13.0. The molecule has 1 aromatic rings. The molecule has 0 saturated heterocycles. The highest BCUT2D eigenvalue weighted by molar-refractivity contribution is 5.96. The first-order valence-electron chi connectivity index (χ1n) is 10.0. The van der Waals surface area contributed by atoms with E-state index in [9.17, 15) is 14.4 Å². The number of ether oxygens (including phenoxy) is 1. The Morgan fingerprint density at radius 1 is 1.26 bits per heavy atom. The number of hydrogen-bond donors (Lipinski definition) is 1. The third-order valence-corrected chi connectivity index (χ3v) is 5.08. The zero-order chi connectivity index (χ0) is 20.0. The number of fused-ring (bicyclic) bond motifs is 1. The summed E-state index contributed by atoms with van der Waals surface area (Å²) in [6, 6.07) is 0.986. The summed E-state index contributed by atoms with van der Waals surface area (Å²) in [6.45, 7) is 6.66. The van der Waals surface area contributed by atoms with Gasteiger partial charge in [-0.3, -0.25) is 9.59 Å². The fraction of sp³-hybridized carbons (Fsp3) is 0.667. The number of pyridine rings is 1. The molecule has 27 heavy (non-hydrogen) atoms. The molecule has 0 aromatic carbocycles. The van der Waals surface area contributed by atoms with Gasteiger partial charge < -0.3 is 14.6 Å². The van der Waals surface area contributed by atoms with Gasteiger partial charge in [-0.1, -0.05) is 27.2 Å². The quantitative estimate of drug-likeness (QED) is 0.708. The number of carbonyl (C=O) groups is 2. The zero-order valence-corrected chi connectivity index (χ0v) is 17.0. The monoisotopic (exact) mass is 376 g/mol. The van der Waals surface area contributed by atoms with Gasteiger partial charge in [0.25, 0.3) is 11.5 Å². The van der Waals surface area contributed by atoms with E-state index in [0.29, 0.717) is 13.0 Å². The molecule has 2 rings (SSSR count). The fourth-order valence-corrected chi connectivity index (χ4v) is 3.66. The van der Waals surface area contributed by atoms with Gasteiger partial charge in [0, 0.05) is 12.2 Å². The molecular weight excluding hydrogens is 344 g/mol. The van der Waals surface area contributed by atoms with Crippen LogP contribution in [0.15, 0.2) is 10.9 Å². The molecule has 6 nitrogen and oxygen atoms in total. The number of nitrogens with zero attached hydrogens (tertiary/aromatic N) is 1. The van der Waals surface area contributed by atoms with E-state index in [0.717, 1.165) is 49.8 Å². The molecule has 0 radical (unpaired) electrons. The molecule has 1 aliphatic carbocycles. The summed E-state index contributed by atoms with van der Waals surface area (Å²) >= 11 is 0. The van der Waals surface area contributed by atoms with Crippen molar-refractivity contribution in [3.05, 3.63) is 33.2 Å². The third-order valence-electron chi connectivity index (χ3n) is 5.08. The summed E-state index contributed by atoms with van der Waals surface area (Å²) in [4.78, 5) is 37.9. The minimum Gasteiger partial charge on any atom is -0.467 e. The second kappa shape index (κ2) is 9.72. The van der Waals surface area contributed by atoms with Crippen LogP contribution >= 0.6 is 0 Å². The molecule has 0 aliphatic heterocycles. The average molecular weight is 376 g/mol. The van der Waals surface area contributed by atoms with Crippen LogP contribution in [0.2, 0.25) is 0 Å². The van der Waals surface area contributed by atoms with Crippen LogP contribution in [0.3, 0.4) is 0 Å². The van der Waals surface area contributed by atoms with Crippen molar-refractivity contribution in [1.29, 1.82) is 0 Å². The van der Waals surface area contributed by atoms with Crippen molar-refractivity contribution in [2.24, 2.45) is 5.92 Å². The lowest BCUT2D eigenvalue weighted by Gasteiger charge is -2.23. The highest BCUT2D eigenvalue weighted by Gasteiger charge is 2.26. The van der Waals surface area contributed by atoms with Crippen molar-refractivity contribution >= 4 is 11.9 Å². The van der Waals surface area contributed by atoms with Crippen LogP contribution < -0.4 is 10.9 Å². The van der Waals surface area contributed by atoms with Gasteiger partial charge in [0.15, 0.2) is 0 Å². The molecule has 1 atom stereocenters. The van der Waals surface area contributed by atoms with Crippen molar-refractivity contribution < 1.29 is 14.3 Å². The number of aromatic nitrogens is 1. The van der Waals surface area contributed by atoms with Crippen molar-refractivity contribution in [3.8, 4) is 0 Å². The highest BCUT2D eigenvalue weighted by Crippen LogP contribution is 2.21. The fourth-order valence-electron chi connectivity index (χ4n) is 3.66. The topological polar surface area (TPSA) is 77.4 Å². The van der Waals surface area contributed by atoms with E-state index in [-0.39, 0.29) is 17.0 Å². The van der Waals surface area contributed by atoms with Gasteiger partial charge in [0.1, 0.15) is 11.6 Å². The van der Waals surface area contributed by atoms with Crippen molar-refractivity contribution in [1.82, 2.24) is 9.88 Å². The van der Waals surface area contributed by atoms with Crippen LogP contribution in [0.4, 0.5) is 0 Å². The molecule has 1 heterocycles. The summed E-state index contributed by atoms with van der Waals surface area (Å²) in [5, 5.41) is 2.72. The summed E-state index contributed by atoms with van der Waals surface area (Å²) in [7, 11) is 1.30. The van der Waals surface area contributed by atoms with Gasteiger partial charge >= 0.3 is 5.97 Å².